The molecule has 0 aliphatic rings. The second kappa shape index (κ2) is 5.25. The van der Waals surface area contributed by atoms with Gasteiger partial charge >= 0.3 is 0 Å². The average molecular weight is 228 g/mol. The fourth-order valence-electron chi connectivity index (χ4n) is 1.47. The van der Waals surface area contributed by atoms with Gasteiger partial charge in [0.2, 0.25) is 5.95 Å². The number of nitrogens with zero attached hydrogens (tertiary/aromatic N) is 1. The lowest BCUT2D eigenvalue weighted by Gasteiger charge is -1.99. The van der Waals surface area contributed by atoms with Crippen LogP contribution in [0, 0.1) is 5.95 Å². The van der Waals surface area contributed by atoms with E-state index in [1.54, 1.807) is 6.07 Å². The third-order valence-corrected chi connectivity index (χ3v) is 2.42. The molecule has 0 saturated carbocycles. The van der Waals surface area contributed by atoms with E-state index in [1.165, 1.54) is 12.3 Å². The van der Waals surface area contributed by atoms with Crippen LogP contribution in [0.15, 0.2) is 42.6 Å². The van der Waals surface area contributed by atoms with Gasteiger partial charge in [0.15, 0.2) is 0 Å². The number of benzene rings is 1. The van der Waals surface area contributed by atoms with E-state index < -0.39 is 5.95 Å². The Morgan fingerprint density at radius 3 is 2.41 bits per heavy atom. The Kier molecular flexibility index (Phi) is 3.50. The Hall–Kier alpha value is -2.16. The number of hydrogen-bond donors (Lipinski definition) is 1. The summed E-state index contributed by atoms with van der Waals surface area (Å²) in [5, 5.41) is 3.05. The first-order valence-corrected chi connectivity index (χ1v) is 5.35. The third-order valence-electron chi connectivity index (χ3n) is 2.42. The standard InChI is InChI=1S/C14H13FN2/c1-16-13-6-4-11(5-7-13)2-3-12-8-9-17-14(15)10-12/h2-10,16H,1H3/b3-2+. The van der Waals surface area contributed by atoms with Crippen LogP contribution in [0.4, 0.5) is 10.1 Å². The molecule has 17 heavy (non-hydrogen) atoms. The maximum atomic E-state index is 12.8. The number of halogens is 1. The molecule has 2 rings (SSSR count). The number of aromatic nitrogens is 1. The Bertz CT molecular complexity index is 518. The first kappa shape index (κ1) is 11.3. The highest BCUT2D eigenvalue weighted by Gasteiger charge is 1.92. The van der Waals surface area contributed by atoms with Crippen molar-refractivity contribution in [3.8, 4) is 0 Å². The summed E-state index contributed by atoms with van der Waals surface area (Å²) in [4.78, 5) is 3.51. The van der Waals surface area contributed by atoms with Crippen molar-refractivity contribution in [2.75, 3.05) is 12.4 Å². The Labute approximate surface area is 99.8 Å². The molecule has 0 amide bonds. The van der Waals surface area contributed by atoms with E-state index in [-0.39, 0.29) is 0 Å². The van der Waals surface area contributed by atoms with Gasteiger partial charge in [-0.1, -0.05) is 24.3 Å². The first-order chi connectivity index (χ1) is 8.28. The van der Waals surface area contributed by atoms with Crippen LogP contribution < -0.4 is 5.32 Å². The summed E-state index contributed by atoms with van der Waals surface area (Å²) in [5.74, 6) is -0.460. The highest BCUT2D eigenvalue weighted by molar-refractivity contribution is 5.70. The summed E-state index contributed by atoms with van der Waals surface area (Å²) < 4.78 is 12.8. The van der Waals surface area contributed by atoms with Crippen molar-refractivity contribution < 1.29 is 4.39 Å². The summed E-state index contributed by atoms with van der Waals surface area (Å²) in [7, 11) is 1.88. The molecule has 0 unspecified atom stereocenters. The van der Waals surface area contributed by atoms with Crippen LogP contribution in [0.1, 0.15) is 11.1 Å². The lowest BCUT2D eigenvalue weighted by Crippen LogP contribution is -1.86. The zero-order valence-corrected chi connectivity index (χ0v) is 9.52. The summed E-state index contributed by atoms with van der Waals surface area (Å²) >= 11 is 0. The number of hydrogen-bond acceptors (Lipinski definition) is 2. The summed E-state index contributed by atoms with van der Waals surface area (Å²) in [6.45, 7) is 0. The lowest BCUT2D eigenvalue weighted by atomic mass is 10.1. The van der Waals surface area contributed by atoms with Crippen LogP contribution in [-0.4, -0.2) is 12.0 Å². The second-order valence-electron chi connectivity index (χ2n) is 3.62. The molecule has 0 spiro atoms. The molecule has 0 radical (unpaired) electrons. The van der Waals surface area contributed by atoms with E-state index in [0.29, 0.717) is 0 Å². The molecule has 0 bridgehead atoms. The fourth-order valence-corrected chi connectivity index (χ4v) is 1.47. The molecule has 3 heteroatoms. The van der Waals surface area contributed by atoms with E-state index >= 15 is 0 Å². The van der Waals surface area contributed by atoms with Gasteiger partial charge in [0.05, 0.1) is 0 Å². The number of pyridine rings is 1. The molecule has 0 fully saturated rings. The van der Waals surface area contributed by atoms with Crippen LogP contribution in [0.5, 0.6) is 0 Å². The summed E-state index contributed by atoms with van der Waals surface area (Å²) in [6.07, 6.45) is 5.26. The van der Waals surface area contributed by atoms with Gasteiger partial charge in [0, 0.05) is 25.0 Å². The average Bonchev–Trinajstić information content (AvgIpc) is 2.37. The minimum atomic E-state index is -0.460. The Balaban J connectivity index is 2.14. The molecule has 2 aromatic rings. The largest absolute Gasteiger partial charge is 0.388 e. The molecule has 1 N–H and O–H groups in total. The smallest absolute Gasteiger partial charge is 0.213 e. The predicted molar refractivity (Wildman–Crippen MR) is 69.1 cm³/mol. The highest BCUT2D eigenvalue weighted by Crippen LogP contribution is 2.12. The molecule has 1 aromatic carbocycles. The highest BCUT2D eigenvalue weighted by atomic mass is 19.1. The van der Waals surface area contributed by atoms with E-state index in [4.69, 9.17) is 0 Å². The van der Waals surface area contributed by atoms with E-state index in [9.17, 15) is 4.39 Å². The zero-order chi connectivity index (χ0) is 12.1. The summed E-state index contributed by atoms with van der Waals surface area (Å²) in [5.41, 5.74) is 2.94. The van der Waals surface area contributed by atoms with Crippen LogP contribution in [-0.2, 0) is 0 Å². The van der Waals surface area contributed by atoms with E-state index in [1.807, 2.05) is 43.5 Å². The summed E-state index contributed by atoms with van der Waals surface area (Å²) in [6, 6.07) is 11.2. The predicted octanol–water partition coefficient (Wildman–Crippen LogP) is 3.43. The molecule has 0 aliphatic heterocycles. The third kappa shape index (κ3) is 3.14. The normalized spacial score (nSPS) is 10.7. The van der Waals surface area contributed by atoms with Crippen LogP contribution in [0.25, 0.3) is 12.2 Å². The minimum Gasteiger partial charge on any atom is -0.388 e. The van der Waals surface area contributed by atoms with Gasteiger partial charge in [-0.05, 0) is 29.3 Å². The number of anilines is 1. The van der Waals surface area contributed by atoms with Crippen LogP contribution in [0.3, 0.4) is 0 Å². The molecular weight excluding hydrogens is 215 g/mol. The lowest BCUT2D eigenvalue weighted by molar-refractivity contribution is 0.583. The van der Waals surface area contributed by atoms with E-state index in [2.05, 4.69) is 10.3 Å². The number of nitrogens with one attached hydrogen (secondary N) is 1. The fraction of sp³-hybridized carbons (Fsp3) is 0.0714. The second-order valence-corrected chi connectivity index (χ2v) is 3.62. The molecular formula is C14H13FN2. The van der Waals surface area contributed by atoms with Crippen LogP contribution in [0.2, 0.25) is 0 Å². The topological polar surface area (TPSA) is 24.9 Å². The van der Waals surface area contributed by atoms with Gasteiger partial charge < -0.3 is 5.32 Å². The van der Waals surface area contributed by atoms with Crippen molar-refractivity contribution in [3.63, 3.8) is 0 Å². The van der Waals surface area contributed by atoms with E-state index in [0.717, 1.165) is 16.8 Å². The van der Waals surface area contributed by atoms with Gasteiger partial charge in [0.1, 0.15) is 0 Å². The minimum absolute atomic E-state index is 0.460. The molecule has 0 atom stereocenters. The van der Waals surface area contributed by atoms with Crippen LogP contribution >= 0.6 is 0 Å². The quantitative estimate of drug-likeness (QED) is 0.814. The van der Waals surface area contributed by atoms with Crippen molar-refractivity contribution in [1.82, 2.24) is 4.98 Å². The monoisotopic (exact) mass is 228 g/mol. The molecule has 86 valence electrons. The molecule has 0 saturated heterocycles. The van der Waals surface area contributed by atoms with Crippen molar-refractivity contribution in [1.29, 1.82) is 0 Å². The first-order valence-electron chi connectivity index (χ1n) is 5.35. The van der Waals surface area contributed by atoms with Gasteiger partial charge in [-0.15, -0.1) is 0 Å². The van der Waals surface area contributed by atoms with Crippen molar-refractivity contribution in [3.05, 3.63) is 59.7 Å². The van der Waals surface area contributed by atoms with Crippen molar-refractivity contribution >= 4 is 17.8 Å². The molecule has 1 aromatic heterocycles. The van der Waals surface area contributed by atoms with Gasteiger partial charge in [-0.2, -0.15) is 4.39 Å². The SMILES string of the molecule is CNc1ccc(/C=C/c2ccnc(F)c2)cc1. The maximum absolute atomic E-state index is 12.8. The Morgan fingerprint density at radius 1 is 1.06 bits per heavy atom. The van der Waals surface area contributed by atoms with Gasteiger partial charge in [-0.3, -0.25) is 0 Å². The maximum Gasteiger partial charge on any atom is 0.213 e. The molecule has 0 aliphatic carbocycles. The molecule has 2 nitrogen and oxygen atoms in total. The van der Waals surface area contributed by atoms with Crippen molar-refractivity contribution in [2.45, 2.75) is 0 Å². The van der Waals surface area contributed by atoms with Gasteiger partial charge in [-0.25, -0.2) is 4.98 Å². The van der Waals surface area contributed by atoms with Crippen molar-refractivity contribution in [2.24, 2.45) is 0 Å². The number of rotatable bonds is 3. The Morgan fingerprint density at radius 2 is 1.76 bits per heavy atom. The zero-order valence-electron chi connectivity index (χ0n) is 9.52. The van der Waals surface area contributed by atoms with Gasteiger partial charge in [0.25, 0.3) is 0 Å². The molecule has 1 heterocycles.